The van der Waals surface area contributed by atoms with Gasteiger partial charge in [-0.05, 0) is 147 Å². The molecule has 1 aliphatic carbocycles. The smallest absolute Gasteiger partial charge is 0.310 e. The fourth-order valence-corrected chi connectivity index (χ4v) is 5.90. The summed E-state index contributed by atoms with van der Waals surface area (Å²) in [5.41, 5.74) is 2.74. The summed E-state index contributed by atoms with van der Waals surface area (Å²) in [5, 5.41) is 7.95. The van der Waals surface area contributed by atoms with Crippen molar-refractivity contribution in [3.8, 4) is 0 Å². The number of benzene rings is 1. The van der Waals surface area contributed by atoms with Crippen molar-refractivity contribution in [3.05, 3.63) is 121 Å². The van der Waals surface area contributed by atoms with Gasteiger partial charge in [-0.15, -0.1) is 0 Å². The van der Waals surface area contributed by atoms with Crippen molar-refractivity contribution in [2.75, 3.05) is 87.9 Å². The zero-order chi connectivity index (χ0) is 79.8. The zero-order valence-electron chi connectivity index (χ0n) is 69.5. The van der Waals surface area contributed by atoms with Crippen LogP contribution in [0, 0.1) is 25.7 Å². The summed E-state index contributed by atoms with van der Waals surface area (Å²) in [4.78, 5) is 67.2. The standard InChI is InChI=1S/C8H16.C8H10.C7H12O.C6H10O2.C6H14.C6H8.C5H9N.C5H13N.C5H12O2.C5H12O.C5H10O.C4H7NO2.C4H6O3.C4H10S.C3H8N2/c2*1-7-5-3-4-6-8(7)2;1-4-6-7(5-2)8-3;1-5(7)3-4-6(2)8;2*1-3-5-6-4-2;1-3-4-5-6-2;1-3-5-6-4-2;1-5(2,6-3)7-4;2*1-3-4-5-6-2;1-3(6)5-4(2)7;1-3(5)7-4(2)6;1-3-5-4-2;1-4-3-5-2/h7-8H,3-6H2,1-2H3;3-6H,1-2H3;4-6H,1-3H3;3-4H2,1-2H3;3-6H2,1-2H3;3-6H,1-2H2;3-5H,1-2H3;6H,3-5H2,1-2H3;1-4H3;3-5H2,1-2H3;4-5H,3H2,1-2H3;1-2H3,(H,5,6,7);1-2H3;3-4H2,1-2H3;3H,1-2H3,(H,4,5)/b;;6-4-,7-5+;;;6-5-;4-3-,6-5?;;;;5-4-;;;;. The van der Waals surface area contributed by atoms with Crippen LogP contribution >= 0.6 is 11.8 Å². The number of hydrogen-bond acceptors (Lipinski definition) is 16. The number of ketones is 2. The predicted octanol–water partition coefficient (Wildman–Crippen LogP) is 20.4. The van der Waals surface area contributed by atoms with Crippen molar-refractivity contribution in [2.45, 2.75) is 255 Å². The summed E-state index contributed by atoms with van der Waals surface area (Å²) in [6.45, 7) is 53.9. The number of ether oxygens (including phenoxy) is 6. The second-order valence-corrected chi connectivity index (χ2v) is 23.0. The van der Waals surface area contributed by atoms with Crippen molar-refractivity contribution in [1.82, 2.24) is 16.0 Å². The second kappa shape index (κ2) is 116. The summed E-state index contributed by atoms with van der Waals surface area (Å²) < 4.78 is 28.0. The number of unbranched alkanes of at least 4 members (excludes halogenated alkanes) is 4. The minimum Gasteiger partial charge on any atom is -0.505 e. The number of esters is 2. The summed E-state index contributed by atoms with van der Waals surface area (Å²) in [6.07, 6.45) is 40.6. The second-order valence-electron chi connectivity index (χ2n) is 21.4. The fraction of sp³-hybridized carbons (Fsp3) is 0.654. The molecule has 18 heteroatoms. The Labute approximate surface area is 615 Å². The van der Waals surface area contributed by atoms with Crippen LogP contribution in [0.1, 0.15) is 246 Å². The highest BCUT2D eigenvalue weighted by atomic mass is 32.2. The van der Waals surface area contributed by atoms with Crippen molar-refractivity contribution in [1.29, 1.82) is 0 Å². The minimum absolute atomic E-state index is 0.0835. The van der Waals surface area contributed by atoms with Crippen LogP contribution in [-0.2, 0) is 57.2 Å². The number of aryl methyl sites for hydroxylation is 2. The molecule has 1 saturated carbocycles. The Balaban J connectivity index is -0.0000000729. The van der Waals surface area contributed by atoms with E-state index in [1.807, 2.05) is 107 Å². The van der Waals surface area contributed by atoms with Gasteiger partial charge in [0, 0.05) is 95.8 Å². The third-order valence-electron chi connectivity index (χ3n) is 11.6. The van der Waals surface area contributed by atoms with Crippen molar-refractivity contribution in [2.24, 2.45) is 21.8 Å². The van der Waals surface area contributed by atoms with Gasteiger partial charge >= 0.3 is 11.9 Å². The molecule has 1 fully saturated rings. The number of thioether (sulfide) groups is 1. The molecule has 2 rings (SSSR count). The van der Waals surface area contributed by atoms with Gasteiger partial charge in [-0.2, -0.15) is 11.8 Å². The molecular weight excluding hydrogens is 1270 g/mol. The molecule has 0 radical (unpaired) electrons. The molecule has 2 atom stereocenters. The lowest BCUT2D eigenvalue weighted by molar-refractivity contribution is -0.178. The molecule has 2 unspecified atom stereocenters. The Kier molecular flexibility index (Phi) is 144. The molecule has 3 N–H and O–H groups in total. The molecule has 1 aromatic carbocycles. The van der Waals surface area contributed by atoms with Gasteiger partial charge < -0.3 is 48.6 Å². The highest BCUT2D eigenvalue weighted by Gasteiger charge is 2.15. The monoisotopic (exact) mass is 1420 g/mol. The number of allylic oxidation sites excluding steroid dienone is 10. The van der Waals surface area contributed by atoms with E-state index >= 15 is 0 Å². The number of carbonyl (C=O) groups is 6. The molecule has 0 aliphatic heterocycles. The average molecular weight is 1430 g/mol. The van der Waals surface area contributed by atoms with Gasteiger partial charge in [0.05, 0.1) is 26.8 Å². The molecule has 0 bridgehead atoms. The van der Waals surface area contributed by atoms with Crippen LogP contribution < -0.4 is 16.0 Å². The minimum atomic E-state index is -0.562. The number of imide groups is 1. The quantitative estimate of drug-likeness (QED) is 0.0128. The molecule has 17 nitrogen and oxygen atoms in total. The van der Waals surface area contributed by atoms with E-state index in [9.17, 15) is 28.8 Å². The highest BCUT2D eigenvalue weighted by molar-refractivity contribution is 7.99. The van der Waals surface area contributed by atoms with E-state index < -0.39 is 17.7 Å². The van der Waals surface area contributed by atoms with Crippen molar-refractivity contribution < 1.29 is 57.2 Å². The Morgan fingerprint density at radius 1 is 0.646 bits per heavy atom. The van der Waals surface area contributed by atoms with Crippen LogP contribution in [0.25, 0.3) is 0 Å². The van der Waals surface area contributed by atoms with Crippen LogP contribution in [0.3, 0.4) is 0 Å². The molecule has 0 aromatic heterocycles. The van der Waals surface area contributed by atoms with Crippen LogP contribution in [0.5, 0.6) is 0 Å². The van der Waals surface area contributed by atoms with E-state index in [2.05, 4.69) is 151 Å². The molecular formula is C81H157N5O12S. The number of carbonyl (C=O) groups excluding carboxylic acids is 6. The maximum Gasteiger partial charge on any atom is 0.310 e. The van der Waals surface area contributed by atoms with Crippen molar-refractivity contribution in [3.63, 3.8) is 0 Å². The Bertz CT molecular complexity index is 1890. The number of hydrogen-bond donors (Lipinski definition) is 3. The number of nitrogens with one attached hydrogen (secondary N) is 3. The predicted molar refractivity (Wildman–Crippen MR) is 437 cm³/mol. The van der Waals surface area contributed by atoms with Gasteiger partial charge in [0.15, 0.2) is 5.79 Å². The maximum atomic E-state index is 10.2. The largest absolute Gasteiger partial charge is 0.505 e. The van der Waals surface area contributed by atoms with E-state index in [4.69, 9.17) is 18.9 Å². The number of methoxy groups -OCH3 is 5. The Morgan fingerprint density at radius 3 is 1.20 bits per heavy atom. The van der Waals surface area contributed by atoms with Gasteiger partial charge in [0.1, 0.15) is 17.3 Å². The first-order valence-electron chi connectivity index (χ1n) is 35.2. The summed E-state index contributed by atoms with van der Waals surface area (Å²) >= 11 is 1.96. The summed E-state index contributed by atoms with van der Waals surface area (Å²) in [5.74, 6) is 3.44. The molecule has 584 valence electrons. The third kappa shape index (κ3) is 182. The first-order chi connectivity index (χ1) is 46.8. The van der Waals surface area contributed by atoms with Gasteiger partial charge in [-0.1, -0.05) is 207 Å². The van der Waals surface area contributed by atoms with Crippen LogP contribution in [0.4, 0.5) is 0 Å². The summed E-state index contributed by atoms with van der Waals surface area (Å²) in [6, 6.07) is 8.36. The van der Waals surface area contributed by atoms with Crippen LogP contribution in [0.15, 0.2) is 120 Å². The molecule has 0 saturated heterocycles. The van der Waals surface area contributed by atoms with Crippen LogP contribution in [0.2, 0.25) is 0 Å². The van der Waals surface area contributed by atoms with Gasteiger partial charge in [-0.3, -0.25) is 34.5 Å². The molecule has 1 aromatic rings. The number of Topliss-reactive ketones (excluding diaryl/α,β-unsaturated/α-hetero) is 2. The molecule has 2 amide bonds. The van der Waals surface area contributed by atoms with Gasteiger partial charge in [-0.25, -0.2) is 0 Å². The number of rotatable bonds is 24. The summed E-state index contributed by atoms with van der Waals surface area (Å²) in [7, 11) is 13.5. The van der Waals surface area contributed by atoms with Crippen LogP contribution in [-0.4, -0.2) is 142 Å². The number of amides is 2. The Morgan fingerprint density at radius 2 is 1.08 bits per heavy atom. The average Bonchev–Trinajstić information content (AvgIpc) is 1.66. The van der Waals surface area contributed by atoms with E-state index in [1.54, 1.807) is 80.6 Å². The molecule has 99 heavy (non-hydrogen) atoms. The fourth-order valence-electron chi connectivity index (χ4n) is 5.49. The van der Waals surface area contributed by atoms with Crippen molar-refractivity contribution >= 4 is 59.6 Å². The SMILES string of the molecule is C/C=C\C(=C/C)OC.C/C=C\C=NC.C=C/C=C\C=C.CC(=O)CCC(C)=O.CC(=O)NC(C)=O.CC(=O)OC(C)=O.CC/C=C\OC.CC1CCCCC1C.CCCCCC.CCCCOC.CCCNCC.CCSCC.CN=CNC.COC(C)(C)OC.Cc1ccccc1C. The van der Waals surface area contributed by atoms with E-state index in [1.165, 1.54) is 135 Å². The highest BCUT2D eigenvalue weighted by Crippen LogP contribution is 2.28. The molecule has 0 heterocycles. The first kappa shape index (κ1) is 123. The topological polar surface area (TPSA) is 219 Å². The maximum absolute atomic E-state index is 10.2. The number of nitrogens with zero attached hydrogens (tertiary/aromatic N) is 2. The Hall–Kier alpha value is -6.05. The first-order valence-corrected chi connectivity index (χ1v) is 36.3. The lowest BCUT2D eigenvalue weighted by Crippen LogP contribution is -2.24. The normalized spacial score (nSPS) is 12.0. The van der Waals surface area contributed by atoms with E-state index in [0.717, 1.165) is 43.7 Å². The van der Waals surface area contributed by atoms with Gasteiger partial charge in [0.25, 0.3) is 0 Å². The van der Waals surface area contributed by atoms with E-state index in [0.29, 0.717) is 12.8 Å². The van der Waals surface area contributed by atoms with Gasteiger partial charge in [0.2, 0.25) is 11.8 Å². The number of aliphatic imine (C=N–C) groups is 2. The van der Waals surface area contributed by atoms with E-state index in [-0.39, 0.29) is 23.4 Å². The molecule has 0 spiro atoms. The zero-order valence-corrected chi connectivity index (χ0v) is 70.3. The third-order valence-corrected chi connectivity index (χ3v) is 12.4. The lowest BCUT2D eigenvalue weighted by Gasteiger charge is -2.24. The lowest BCUT2D eigenvalue weighted by atomic mass is 9.82. The molecule has 1 aliphatic rings.